The molecule has 1 unspecified atom stereocenters. The predicted octanol–water partition coefficient (Wildman–Crippen LogP) is 5.37. The Balaban J connectivity index is 2.08. The van der Waals surface area contributed by atoms with E-state index in [0.717, 1.165) is 11.3 Å². The average Bonchev–Trinajstić information content (AvgIpc) is 2.93. The molecule has 0 saturated carbocycles. The van der Waals surface area contributed by atoms with Crippen molar-refractivity contribution in [2.45, 2.75) is 20.1 Å². The first kappa shape index (κ1) is 17.0. The SMILES string of the molecule is CC1=CN=N[N+]1(Cc1ccc(Cl)c(Cl)c1)c1ccc(F)c(CO)c1. The van der Waals surface area contributed by atoms with E-state index in [1.165, 1.54) is 6.07 Å². The lowest BCUT2D eigenvalue weighted by atomic mass is 10.1. The fraction of sp³-hybridized carbons (Fsp3) is 0.176. The zero-order valence-corrected chi connectivity index (χ0v) is 14.4. The Bertz CT molecular complexity index is 854. The summed E-state index contributed by atoms with van der Waals surface area (Å²) in [6, 6.07) is 9.96. The van der Waals surface area contributed by atoms with Crippen LogP contribution in [0, 0.1) is 5.82 Å². The molecule has 24 heavy (non-hydrogen) atoms. The zero-order valence-electron chi connectivity index (χ0n) is 12.9. The first-order valence-corrected chi connectivity index (χ1v) is 8.03. The van der Waals surface area contributed by atoms with Crippen molar-refractivity contribution in [2.75, 3.05) is 0 Å². The number of nitrogens with zero attached hydrogens (tertiary/aromatic N) is 3. The highest BCUT2D eigenvalue weighted by Crippen LogP contribution is 2.37. The molecule has 0 aliphatic carbocycles. The summed E-state index contributed by atoms with van der Waals surface area (Å²) in [5, 5.41) is 18.7. The van der Waals surface area contributed by atoms with Crippen LogP contribution in [-0.2, 0) is 13.2 Å². The Morgan fingerprint density at radius 3 is 2.54 bits per heavy atom. The largest absolute Gasteiger partial charge is 0.392 e. The number of hydrogen-bond acceptors (Lipinski definition) is 3. The van der Waals surface area contributed by atoms with Crippen molar-refractivity contribution in [3.05, 3.63) is 75.3 Å². The van der Waals surface area contributed by atoms with Gasteiger partial charge in [0.15, 0.2) is 11.4 Å². The zero-order chi connectivity index (χ0) is 17.3. The summed E-state index contributed by atoms with van der Waals surface area (Å²) in [5.74, 6) is -0.452. The van der Waals surface area contributed by atoms with Crippen molar-refractivity contribution in [2.24, 2.45) is 10.3 Å². The highest BCUT2D eigenvalue weighted by molar-refractivity contribution is 6.42. The van der Waals surface area contributed by atoms with Gasteiger partial charge >= 0.3 is 0 Å². The Hall–Kier alpha value is -1.79. The monoisotopic (exact) mass is 366 g/mol. The van der Waals surface area contributed by atoms with Gasteiger partial charge in [-0.2, -0.15) is 0 Å². The topological polar surface area (TPSA) is 45.0 Å². The minimum Gasteiger partial charge on any atom is -0.392 e. The summed E-state index contributed by atoms with van der Waals surface area (Å²) in [7, 11) is 0. The molecule has 2 aromatic rings. The van der Waals surface area contributed by atoms with Crippen LogP contribution in [-0.4, -0.2) is 5.11 Å². The van der Waals surface area contributed by atoms with Gasteiger partial charge in [-0.25, -0.2) is 4.39 Å². The molecule has 0 aromatic heterocycles. The van der Waals surface area contributed by atoms with E-state index >= 15 is 0 Å². The molecule has 1 heterocycles. The van der Waals surface area contributed by atoms with E-state index in [4.69, 9.17) is 23.2 Å². The summed E-state index contributed by atoms with van der Waals surface area (Å²) in [6.07, 6.45) is 1.67. The summed E-state index contributed by atoms with van der Waals surface area (Å²) in [5.41, 5.74) is 2.71. The Morgan fingerprint density at radius 2 is 1.92 bits per heavy atom. The highest BCUT2D eigenvalue weighted by atomic mass is 35.5. The van der Waals surface area contributed by atoms with Crippen molar-refractivity contribution in [3.63, 3.8) is 0 Å². The molecule has 7 heteroatoms. The molecule has 3 rings (SSSR count). The molecule has 1 atom stereocenters. The maximum Gasteiger partial charge on any atom is 0.166 e. The molecule has 0 saturated heterocycles. The second-order valence-corrected chi connectivity index (χ2v) is 6.40. The van der Waals surface area contributed by atoms with Crippen molar-refractivity contribution in [1.82, 2.24) is 4.59 Å². The van der Waals surface area contributed by atoms with E-state index < -0.39 is 5.82 Å². The molecule has 1 aliphatic heterocycles. The van der Waals surface area contributed by atoms with Gasteiger partial charge in [0, 0.05) is 35.4 Å². The van der Waals surface area contributed by atoms with Gasteiger partial charge in [0.1, 0.15) is 18.6 Å². The molecule has 1 aliphatic rings. The summed E-state index contributed by atoms with van der Waals surface area (Å²) in [6.45, 7) is 1.96. The van der Waals surface area contributed by atoms with Crippen LogP contribution in [0.3, 0.4) is 0 Å². The smallest absolute Gasteiger partial charge is 0.166 e. The van der Waals surface area contributed by atoms with Gasteiger partial charge in [-0.1, -0.05) is 29.3 Å². The molecule has 0 fully saturated rings. The molecule has 0 amide bonds. The number of aliphatic hydroxyl groups excluding tert-OH is 1. The number of benzene rings is 2. The van der Waals surface area contributed by atoms with Crippen LogP contribution >= 0.6 is 23.2 Å². The maximum atomic E-state index is 13.7. The minimum atomic E-state index is -0.452. The Labute approximate surface area is 149 Å². The van der Waals surface area contributed by atoms with Crippen LogP contribution in [0.2, 0.25) is 10.0 Å². The van der Waals surface area contributed by atoms with Crippen LogP contribution in [0.5, 0.6) is 0 Å². The van der Waals surface area contributed by atoms with Crippen molar-refractivity contribution < 1.29 is 9.50 Å². The van der Waals surface area contributed by atoms with Crippen LogP contribution in [0.25, 0.3) is 0 Å². The number of halogens is 3. The van der Waals surface area contributed by atoms with Gasteiger partial charge in [0.2, 0.25) is 0 Å². The fourth-order valence-corrected chi connectivity index (χ4v) is 3.00. The van der Waals surface area contributed by atoms with E-state index in [2.05, 4.69) is 10.3 Å². The Kier molecular flexibility index (Phi) is 4.69. The molecule has 0 bridgehead atoms. The van der Waals surface area contributed by atoms with Crippen LogP contribution in [0.4, 0.5) is 10.1 Å². The summed E-state index contributed by atoms with van der Waals surface area (Å²) in [4.78, 5) is 0. The molecule has 0 radical (unpaired) electrons. The van der Waals surface area contributed by atoms with Crippen molar-refractivity contribution >= 4 is 28.9 Å². The summed E-state index contributed by atoms with van der Waals surface area (Å²) >= 11 is 12.1. The van der Waals surface area contributed by atoms with Crippen molar-refractivity contribution in [1.29, 1.82) is 0 Å². The maximum absolute atomic E-state index is 13.7. The second kappa shape index (κ2) is 6.61. The van der Waals surface area contributed by atoms with E-state index in [0.29, 0.717) is 22.3 Å². The van der Waals surface area contributed by atoms with Gasteiger partial charge < -0.3 is 5.11 Å². The molecule has 124 valence electrons. The number of rotatable bonds is 4. The molecule has 1 N–H and O–H groups in total. The van der Waals surface area contributed by atoms with E-state index in [1.54, 1.807) is 30.5 Å². The van der Waals surface area contributed by atoms with Gasteiger partial charge in [0.25, 0.3) is 0 Å². The molecule has 4 nitrogen and oxygen atoms in total. The quantitative estimate of drug-likeness (QED) is 0.725. The third-order valence-electron chi connectivity index (χ3n) is 4.05. The van der Waals surface area contributed by atoms with E-state index in [1.807, 2.05) is 13.0 Å². The van der Waals surface area contributed by atoms with E-state index in [-0.39, 0.29) is 16.8 Å². The number of quaternary nitrogens is 1. The van der Waals surface area contributed by atoms with Gasteiger partial charge in [-0.3, -0.25) is 0 Å². The second-order valence-electron chi connectivity index (χ2n) is 5.59. The highest BCUT2D eigenvalue weighted by Gasteiger charge is 2.38. The van der Waals surface area contributed by atoms with Gasteiger partial charge in [-0.15, -0.1) is 9.71 Å². The third-order valence-corrected chi connectivity index (χ3v) is 4.79. The average molecular weight is 367 g/mol. The first-order chi connectivity index (χ1) is 11.5. The van der Waals surface area contributed by atoms with Gasteiger partial charge in [0.05, 0.1) is 16.7 Å². The fourth-order valence-electron chi connectivity index (χ4n) is 2.68. The van der Waals surface area contributed by atoms with Crippen LogP contribution in [0.1, 0.15) is 18.1 Å². The lowest BCUT2D eigenvalue weighted by Crippen LogP contribution is -2.39. The Morgan fingerprint density at radius 1 is 1.12 bits per heavy atom. The van der Waals surface area contributed by atoms with Gasteiger partial charge in [-0.05, 0) is 18.2 Å². The lowest BCUT2D eigenvalue weighted by Gasteiger charge is -2.28. The summed E-state index contributed by atoms with van der Waals surface area (Å²) < 4.78 is 13.8. The predicted molar refractivity (Wildman–Crippen MR) is 92.9 cm³/mol. The number of aliphatic hydroxyl groups is 1. The standard InChI is InChI=1S/C17H15Cl2FN3O/c1-11-8-21-22-23(11,9-12-2-4-15(18)16(19)6-12)14-3-5-17(20)13(7-14)10-24/h2-8,24H,9-10H2,1H3/q+1. The number of hydrogen-bond donors (Lipinski definition) is 1. The van der Waals surface area contributed by atoms with Crippen molar-refractivity contribution in [3.8, 4) is 0 Å². The lowest BCUT2D eigenvalue weighted by molar-refractivity contribution is 0.274. The number of allylic oxidation sites excluding steroid dienone is 1. The van der Waals surface area contributed by atoms with Crippen LogP contribution in [0.15, 0.2) is 58.6 Å². The minimum absolute atomic E-state index is 0.0608. The van der Waals surface area contributed by atoms with Crippen LogP contribution < -0.4 is 4.59 Å². The molecule has 0 spiro atoms. The molecular weight excluding hydrogens is 352 g/mol. The normalized spacial score (nSPS) is 19.6. The molecular formula is C17H15Cl2FN3O+. The third kappa shape index (κ3) is 2.96. The van der Waals surface area contributed by atoms with E-state index in [9.17, 15) is 9.50 Å². The first-order valence-electron chi connectivity index (χ1n) is 7.28. The molecule has 2 aromatic carbocycles.